The van der Waals surface area contributed by atoms with Crippen molar-refractivity contribution in [3.8, 4) is 11.5 Å². The van der Waals surface area contributed by atoms with E-state index in [0.717, 1.165) is 5.56 Å². The number of anilines is 1. The summed E-state index contributed by atoms with van der Waals surface area (Å²) in [4.78, 5) is 23.3. The van der Waals surface area contributed by atoms with Gasteiger partial charge in [-0.15, -0.1) is 0 Å². The third-order valence-corrected chi connectivity index (χ3v) is 9.27. The lowest BCUT2D eigenvalue weighted by Gasteiger charge is -2.37. The van der Waals surface area contributed by atoms with Crippen LogP contribution < -0.4 is 19.8 Å². The van der Waals surface area contributed by atoms with Gasteiger partial charge in [-0.1, -0.05) is 26.8 Å². The molecule has 0 fully saturated rings. The van der Waals surface area contributed by atoms with Gasteiger partial charge in [0.1, 0.15) is 11.4 Å². The molecule has 2 N–H and O–H groups in total. The van der Waals surface area contributed by atoms with Gasteiger partial charge >= 0.3 is 6.09 Å². The number of hydrogen-bond donors (Lipinski definition) is 2. The maximum Gasteiger partial charge on any atom is 0.407 e. The number of hydrogen-bond acceptors (Lipinski definition) is 5. The highest BCUT2D eigenvalue weighted by molar-refractivity contribution is 6.74. The van der Waals surface area contributed by atoms with Crippen molar-refractivity contribution in [1.82, 2.24) is 5.32 Å². The normalized spacial score (nSPS) is 13.9. The van der Waals surface area contributed by atoms with Crippen LogP contribution in [0.2, 0.25) is 18.1 Å². The lowest BCUT2D eigenvalue weighted by Crippen LogP contribution is -2.44. The predicted molar refractivity (Wildman–Crippen MR) is 107 cm³/mol. The highest BCUT2D eigenvalue weighted by Gasteiger charge is 2.40. The molecule has 8 heteroatoms. The number of nitrogens with one attached hydrogen (secondary N) is 2. The van der Waals surface area contributed by atoms with E-state index in [1.165, 1.54) is 0 Å². The van der Waals surface area contributed by atoms with Crippen molar-refractivity contribution in [3.63, 3.8) is 0 Å². The molecule has 0 radical (unpaired) electrons. The van der Waals surface area contributed by atoms with Gasteiger partial charge in [0.05, 0.1) is 6.61 Å². The molecule has 0 unspecified atom stereocenters. The first-order chi connectivity index (χ1) is 12.5. The van der Waals surface area contributed by atoms with E-state index in [0.29, 0.717) is 36.8 Å². The van der Waals surface area contributed by atoms with Gasteiger partial charge in [0.2, 0.25) is 0 Å². The van der Waals surface area contributed by atoms with Crippen molar-refractivity contribution in [3.05, 3.63) is 17.7 Å². The molecule has 0 spiro atoms. The van der Waals surface area contributed by atoms with Crippen LogP contribution in [0, 0.1) is 0 Å². The average molecular weight is 395 g/mol. The van der Waals surface area contributed by atoms with E-state index in [1.807, 2.05) is 12.1 Å². The van der Waals surface area contributed by atoms with E-state index < -0.39 is 14.4 Å². The summed E-state index contributed by atoms with van der Waals surface area (Å²) in [5.74, 6) is 1.03. The Bertz CT molecular complexity index is 713. The number of fused-ring (bicyclic) bond motifs is 1. The fourth-order valence-electron chi connectivity index (χ4n) is 2.40. The van der Waals surface area contributed by atoms with Crippen LogP contribution >= 0.6 is 0 Å². The molecule has 0 bridgehead atoms. The third kappa shape index (κ3) is 5.15. The molecule has 0 aromatic heterocycles. The topological polar surface area (TPSA) is 85.9 Å². The molecule has 7 nitrogen and oxygen atoms in total. The summed E-state index contributed by atoms with van der Waals surface area (Å²) in [7, 11) is -2.07. The third-order valence-electron chi connectivity index (χ3n) is 4.92. The number of carbonyl (C=O) groups is 2. The Labute approximate surface area is 161 Å². The maximum atomic E-state index is 11.9. The molecule has 0 saturated carbocycles. The van der Waals surface area contributed by atoms with Crippen LogP contribution in [0.1, 0.15) is 33.3 Å². The number of alkyl carbamates (subject to hydrolysis) is 1. The summed E-state index contributed by atoms with van der Waals surface area (Å²) >= 11 is 0. The van der Waals surface area contributed by atoms with Crippen LogP contribution in [0.3, 0.4) is 0 Å². The summed E-state index contributed by atoms with van der Waals surface area (Å²) in [6.45, 7) is 13.3. The van der Waals surface area contributed by atoms with E-state index >= 15 is 0 Å². The molecule has 150 valence electrons. The minimum atomic E-state index is -2.07. The van der Waals surface area contributed by atoms with Crippen molar-refractivity contribution >= 4 is 26.0 Å². The monoisotopic (exact) mass is 394 g/mol. The van der Waals surface area contributed by atoms with Crippen LogP contribution in [0.25, 0.3) is 0 Å². The molecule has 2 amide bonds. The van der Waals surface area contributed by atoms with Crippen LogP contribution in [0.4, 0.5) is 10.5 Å². The van der Waals surface area contributed by atoms with E-state index in [9.17, 15) is 9.59 Å². The molecule has 0 saturated heterocycles. The zero-order valence-electron chi connectivity index (χ0n) is 17.0. The van der Waals surface area contributed by atoms with Gasteiger partial charge < -0.3 is 24.5 Å². The van der Waals surface area contributed by atoms with Gasteiger partial charge in [0.15, 0.2) is 12.4 Å². The van der Waals surface area contributed by atoms with Crippen LogP contribution in [0.15, 0.2) is 12.1 Å². The van der Waals surface area contributed by atoms with Crippen LogP contribution in [-0.2, 0) is 16.0 Å². The Morgan fingerprint density at radius 3 is 2.67 bits per heavy atom. The Hall–Kier alpha value is -2.22. The zero-order chi connectivity index (χ0) is 20.2. The number of amides is 2. The first-order valence-electron chi connectivity index (χ1n) is 9.23. The molecule has 1 heterocycles. The molecular weight excluding hydrogens is 364 g/mol. The summed E-state index contributed by atoms with van der Waals surface area (Å²) in [6, 6.07) is 3.79. The molecule has 0 atom stereocenters. The molecule has 2 rings (SSSR count). The van der Waals surface area contributed by atoms with E-state index in [-0.39, 0.29) is 17.6 Å². The van der Waals surface area contributed by atoms with E-state index in [1.54, 1.807) is 6.92 Å². The lowest BCUT2D eigenvalue weighted by molar-refractivity contribution is -0.118. The number of ether oxygens (including phenoxy) is 2. The van der Waals surface area contributed by atoms with Crippen molar-refractivity contribution in [2.75, 3.05) is 25.1 Å². The minimum Gasteiger partial charge on any atom is -0.542 e. The van der Waals surface area contributed by atoms with E-state index in [2.05, 4.69) is 44.5 Å². The van der Waals surface area contributed by atoms with Gasteiger partial charge in [-0.05, 0) is 43.1 Å². The smallest absolute Gasteiger partial charge is 0.407 e. The van der Waals surface area contributed by atoms with Gasteiger partial charge in [0, 0.05) is 6.54 Å². The standard InChI is InChI=1S/C19H30N2O5Si/c1-7-24-18(23)20-11-10-13-8-9-14(26-27(5,6)19(2,3)4)16-17(13)25-12-15(22)21-16/h8-9H,7,10-12H2,1-6H3,(H,20,23)(H,21,22). The van der Waals surface area contributed by atoms with E-state index in [4.69, 9.17) is 13.9 Å². The molecule has 1 aromatic carbocycles. The minimum absolute atomic E-state index is 0.0294. The Morgan fingerprint density at radius 2 is 2.04 bits per heavy atom. The highest BCUT2D eigenvalue weighted by Crippen LogP contribution is 2.44. The first kappa shape index (κ1) is 21.1. The molecule has 0 aliphatic carbocycles. The SMILES string of the molecule is CCOC(=O)NCCc1ccc(O[Si](C)(C)C(C)(C)C)c2c1OCC(=O)N2. The van der Waals surface area contributed by atoms with Crippen LogP contribution in [0.5, 0.6) is 11.5 Å². The fraction of sp³-hybridized carbons (Fsp3) is 0.579. The largest absolute Gasteiger partial charge is 0.542 e. The van der Waals surface area contributed by atoms with Gasteiger partial charge in [0.25, 0.3) is 14.2 Å². The Morgan fingerprint density at radius 1 is 1.33 bits per heavy atom. The average Bonchev–Trinajstić information content (AvgIpc) is 2.55. The predicted octanol–water partition coefficient (Wildman–Crippen LogP) is 3.69. The van der Waals surface area contributed by atoms with Gasteiger partial charge in [-0.2, -0.15) is 0 Å². The molecular formula is C19H30N2O5Si. The van der Waals surface area contributed by atoms with Gasteiger partial charge in [-0.3, -0.25) is 4.79 Å². The molecule has 1 aliphatic heterocycles. The molecule has 1 aromatic rings. The molecule has 1 aliphatic rings. The Kier molecular flexibility index (Phi) is 6.41. The Balaban J connectivity index is 2.24. The zero-order valence-corrected chi connectivity index (χ0v) is 18.0. The van der Waals surface area contributed by atoms with Crippen molar-refractivity contribution in [1.29, 1.82) is 0 Å². The van der Waals surface area contributed by atoms with Crippen molar-refractivity contribution in [2.24, 2.45) is 0 Å². The first-order valence-corrected chi connectivity index (χ1v) is 12.1. The highest BCUT2D eigenvalue weighted by atomic mass is 28.4. The maximum absolute atomic E-state index is 11.9. The van der Waals surface area contributed by atoms with Crippen molar-refractivity contribution in [2.45, 2.75) is 52.2 Å². The van der Waals surface area contributed by atoms with Gasteiger partial charge in [-0.25, -0.2) is 4.79 Å². The second kappa shape index (κ2) is 8.20. The second-order valence-corrected chi connectivity index (χ2v) is 12.7. The second-order valence-electron chi connectivity index (χ2n) is 8.02. The quantitative estimate of drug-likeness (QED) is 0.719. The van der Waals surface area contributed by atoms with Crippen molar-refractivity contribution < 1.29 is 23.5 Å². The summed E-state index contributed by atoms with van der Waals surface area (Å²) in [6.07, 6.45) is 0.107. The number of rotatable bonds is 6. The summed E-state index contributed by atoms with van der Waals surface area (Å²) in [5.41, 5.74) is 1.47. The fourth-order valence-corrected chi connectivity index (χ4v) is 3.42. The van der Waals surface area contributed by atoms with Crippen LogP contribution in [-0.4, -0.2) is 40.1 Å². The summed E-state index contributed by atoms with van der Waals surface area (Å²) < 4.78 is 16.9. The number of benzene rings is 1. The molecule has 27 heavy (non-hydrogen) atoms. The summed E-state index contributed by atoms with van der Waals surface area (Å²) in [5, 5.41) is 5.61. The lowest BCUT2D eigenvalue weighted by atomic mass is 10.1. The number of carbonyl (C=O) groups excluding carboxylic acids is 2.